The number of benzene rings is 2. The molecule has 0 saturated heterocycles. The van der Waals surface area contributed by atoms with E-state index in [1.54, 1.807) is 37.6 Å². The first-order valence-corrected chi connectivity index (χ1v) is 8.27. The zero-order chi connectivity index (χ0) is 17.8. The third-order valence-electron chi connectivity index (χ3n) is 4.03. The van der Waals surface area contributed by atoms with Gasteiger partial charge < -0.3 is 14.6 Å². The van der Waals surface area contributed by atoms with Crippen LogP contribution in [0.5, 0.6) is 0 Å². The Morgan fingerprint density at radius 3 is 2.80 bits per heavy atom. The van der Waals surface area contributed by atoms with Crippen LogP contribution in [0, 0.1) is 5.82 Å². The highest BCUT2D eigenvalue weighted by Gasteiger charge is 2.17. The van der Waals surface area contributed by atoms with Crippen LogP contribution in [0.25, 0.3) is 10.9 Å². The van der Waals surface area contributed by atoms with Gasteiger partial charge in [0.15, 0.2) is 0 Å². The Morgan fingerprint density at radius 1 is 1.24 bits per heavy atom. The summed E-state index contributed by atoms with van der Waals surface area (Å²) in [5.41, 5.74) is 1.76. The number of halogens is 2. The van der Waals surface area contributed by atoms with E-state index >= 15 is 0 Å². The van der Waals surface area contributed by atoms with Gasteiger partial charge in [0.2, 0.25) is 0 Å². The number of carbonyl (C=O) groups is 1. The summed E-state index contributed by atoms with van der Waals surface area (Å²) in [5.74, 6) is -0.638. The van der Waals surface area contributed by atoms with Crippen LogP contribution in [0.2, 0.25) is 5.02 Å². The van der Waals surface area contributed by atoms with Crippen molar-refractivity contribution in [1.29, 1.82) is 0 Å². The minimum atomic E-state index is -0.344. The smallest absolute Gasteiger partial charge is 0.253 e. The lowest BCUT2D eigenvalue weighted by Gasteiger charge is -2.06. The molecule has 0 spiro atoms. The molecule has 1 heterocycles. The van der Waals surface area contributed by atoms with E-state index in [1.165, 1.54) is 6.07 Å². The third kappa shape index (κ3) is 3.67. The zero-order valence-corrected chi connectivity index (χ0v) is 14.5. The summed E-state index contributed by atoms with van der Waals surface area (Å²) in [6.07, 6.45) is 1.76. The van der Waals surface area contributed by atoms with E-state index in [0.29, 0.717) is 34.7 Å². The summed E-state index contributed by atoms with van der Waals surface area (Å²) in [6, 6.07) is 11.9. The predicted molar refractivity (Wildman–Crippen MR) is 96.4 cm³/mol. The first-order chi connectivity index (χ1) is 12.1. The topological polar surface area (TPSA) is 43.3 Å². The Kier molecular flexibility index (Phi) is 5.36. The SMILES string of the molecule is COCCn1cc(C(=O)NCc2ccccc2F)c2c(Cl)cccc21. The summed E-state index contributed by atoms with van der Waals surface area (Å²) in [4.78, 5) is 12.6. The minimum absolute atomic E-state index is 0.112. The van der Waals surface area contributed by atoms with Crippen molar-refractivity contribution in [2.75, 3.05) is 13.7 Å². The van der Waals surface area contributed by atoms with Crippen LogP contribution < -0.4 is 5.32 Å². The molecule has 0 saturated carbocycles. The molecule has 0 aliphatic carbocycles. The molecular formula is C19H18ClFN2O2. The highest BCUT2D eigenvalue weighted by molar-refractivity contribution is 6.36. The van der Waals surface area contributed by atoms with E-state index in [1.807, 2.05) is 16.7 Å². The van der Waals surface area contributed by atoms with Crippen LogP contribution in [-0.2, 0) is 17.8 Å². The molecule has 1 amide bonds. The fraction of sp³-hybridized carbons (Fsp3) is 0.211. The number of nitrogens with zero attached hydrogens (tertiary/aromatic N) is 1. The van der Waals surface area contributed by atoms with Crippen LogP contribution in [-0.4, -0.2) is 24.2 Å². The number of fused-ring (bicyclic) bond motifs is 1. The first-order valence-electron chi connectivity index (χ1n) is 7.89. The zero-order valence-electron chi connectivity index (χ0n) is 13.8. The predicted octanol–water partition coefficient (Wildman–Crippen LogP) is 4.01. The van der Waals surface area contributed by atoms with E-state index < -0.39 is 0 Å². The largest absolute Gasteiger partial charge is 0.383 e. The van der Waals surface area contributed by atoms with E-state index in [9.17, 15) is 9.18 Å². The van der Waals surface area contributed by atoms with Crippen molar-refractivity contribution in [1.82, 2.24) is 9.88 Å². The second kappa shape index (κ2) is 7.68. The van der Waals surface area contributed by atoms with Gasteiger partial charge in [-0.1, -0.05) is 35.9 Å². The Morgan fingerprint density at radius 2 is 2.04 bits per heavy atom. The number of carbonyl (C=O) groups excluding carboxylic acids is 1. The van der Waals surface area contributed by atoms with Crippen molar-refractivity contribution >= 4 is 28.4 Å². The second-order valence-corrected chi connectivity index (χ2v) is 6.04. The minimum Gasteiger partial charge on any atom is -0.383 e. The van der Waals surface area contributed by atoms with Gasteiger partial charge in [-0.3, -0.25) is 4.79 Å². The van der Waals surface area contributed by atoms with Crippen molar-refractivity contribution in [3.63, 3.8) is 0 Å². The average molecular weight is 361 g/mol. The van der Waals surface area contributed by atoms with Gasteiger partial charge in [-0.2, -0.15) is 0 Å². The van der Waals surface area contributed by atoms with Crippen molar-refractivity contribution in [2.45, 2.75) is 13.1 Å². The summed E-state index contributed by atoms with van der Waals surface area (Å²) in [7, 11) is 1.63. The maximum atomic E-state index is 13.7. The van der Waals surface area contributed by atoms with Gasteiger partial charge in [0.05, 0.1) is 22.7 Å². The molecule has 0 atom stereocenters. The number of aromatic nitrogens is 1. The molecular weight excluding hydrogens is 343 g/mol. The summed E-state index contributed by atoms with van der Waals surface area (Å²) in [5, 5.41) is 3.95. The number of rotatable bonds is 6. The molecule has 3 rings (SSSR count). The second-order valence-electron chi connectivity index (χ2n) is 5.64. The van der Waals surface area contributed by atoms with Gasteiger partial charge in [0.1, 0.15) is 5.82 Å². The highest BCUT2D eigenvalue weighted by Crippen LogP contribution is 2.29. The number of hydrogen-bond donors (Lipinski definition) is 1. The Bertz CT molecular complexity index is 908. The third-order valence-corrected chi connectivity index (χ3v) is 4.35. The molecule has 4 nitrogen and oxygen atoms in total. The Hall–Kier alpha value is -2.37. The molecule has 1 N–H and O–H groups in total. The Labute approximate surface area is 150 Å². The fourth-order valence-electron chi connectivity index (χ4n) is 2.77. The van der Waals surface area contributed by atoms with Gasteiger partial charge in [0, 0.05) is 37.3 Å². The lowest BCUT2D eigenvalue weighted by molar-refractivity contribution is 0.0952. The molecule has 0 bridgehead atoms. The molecule has 0 unspecified atom stereocenters. The number of amides is 1. The molecule has 0 aliphatic heterocycles. The number of methoxy groups -OCH3 is 1. The molecule has 25 heavy (non-hydrogen) atoms. The summed E-state index contributed by atoms with van der Waals surface area (Å²) >= 11 is 6.31. The van der Waals surface area contributed by atoms with Crippen LogP contribution in [0.1, 0.15) is 15.9 Å². The molecule has 0 radical (unpaired) electrons. The van der Waals surface area contributed by atoms with Gasteiger partial charge in [-0.15, -0.1) is 0 Å². The summed E-state index contributed by atoms with van der Waals surface area (Å²) in [6.45, 7) is 1.24. The summed E-state index contributed by atoms with van der Waals surface area (Å²) < 4.78 is 20.8. The first kappa shape index (κ1) is 17.5. The molecule has 3 aromatic rings. The number of ether oxygens (including phenoxy) is 1. The lowest BCUT2D eigenvalue weighted by atomic mass is 10.1. The Balaban J connectivity index is 1.89. The maximum absolute atomic E-state index is 13.7. The van der Waals surface area contributed by atoms with Crippen LogP contribution >= 0.6 is 11.6 Å². The van der Waals surface area contributed by atoms with E-state index in [0.717, 1.165) is 5.52 Å². The van der Waals surface area contributed by atoms with E-state index in [-0.39, 0.29) is 18.3 Å². The fourth-order valence-corrected chi connectivity index (χ4v) is 3.04. The quantitative estimate of drug-likeness (QED) is 0.721. The number of nitrogens with one attached hydrogen (secondary N) is 1. The number of hydrogen-bond acceptors (Lipinski definition) is 2. The van der Waals surface area contributed by atoms with Crippen molar-refractivity contribution in [3.05, 3.63) is 70.6 Å². The average Bonchev–Trinajstić information content (AvgIpc) is 2.99. The normalized spacial score (nSPS) is 11.0. The van der Waals surface area contributed by atoms with Gasteiger partial charge >= 0.3 is 0 Å². The van der Waals surface area contributed by atoms with Crippen molar-refractivity contribution in [2.24, 2.45) is 0 Å². The van der Waals surface area contributed by atoms with E-state index in [4.69, 9.17) is 16.3 Å². The standard InChI is InChI=1S/C19H18ClFN2O2/c1-25-10-9-23-12-14(18-15(20)6-4-8-17(18)23)19(24)22-11-13-5-2-3-7-16(13)21/h2-8,12H,9-11H2,1H3,(H,22,24). The lowest BCUT2D eigenvalue weighted by Crippen LogP contribution is -2.23. The van der Waals surface area contributed by atoms with Gasteiger partial charge in [-0.05, 0) is 18.2 Å². The molecule has 2 aromatic carbocycles. The highest BCUT2D eigenvalue weighted by atomic mass is 35.5. The molecule has 1 aromatic heterocycles. The molecule has 0 fully saturated rings. The van der Waals surface area contributed by atoms with Crippen LogP contribution in [0.15, 0.2) is 48.7 Å². The molecule has 6 heteroatoms. The van der Waals surface area contributed by atoms with Gasteiger partial charge in [0.25, 0.3) is 5.91 Å². The van der Waals surface area contributed by atoms with Gasteiger partial charge in [-0.25, -0.2) is 4.39 Å². The van der Waals surface area contributed by atoms with E-state index in [2.05, 4.69) is 5.32 Å². The molecule has 0 aliphatic rings. The van der Waals surface area contributed by atoms with Crippen LogP contribution in [0.3, 0.4) is 0 Å². The molecule has 130 valence electrons. The van der Waals surface area contributed by atoms with Crippen LogP contribution in [0.4, 0.5) is 4.39 Å². The maximum Gasteiger partial charge on any atom is 0.253 e. The van der Waals surface area contributed by atoms with Crippen molar-refractivity contribution < 1.29 is 13.9 Å². The monoisotopic (exact) mass is 360 g/mol. The van der Waals surface area contributed by atoms with Crippen molar-refractivity contribution in [3.8, 4) is 0 Å².